The van der Waals surface area contributed by atoms with E-state index in [1.807, 2.05) is 22.7 Å². The standard InChI is InChI=1S/C30H42N4S3/c1-5-9-11-19(7-3)17-21-13-15-23(35-21)25-27(31)28(32)26(30-29(25)33-37-34-30)24-16-14-22(36-24)18-20(8-4)12-10-6-2/h13-16,19-20H,5-12,17-18,31-32H2,1-4H3. The molecule has 0 aliphatic rings. The van der Waals surface area contributed by atoms with E-state index < -0.39 is 0 Å². The van der Waals surface area contributed by atoms with Crippen molar-refractivity contribution >= 4 is 56.8 Å². The summed E-state index contributed by atoms with van der Waals surface area (Å²) in [5.41, 5.74) is 18.4. The Balaban J connectivity index is 1.65. The minimum absolute atomic E-state index is 0.631. The molecule has 1 aromatic carbocycles. The monoisotopic (exact) mass is 554 g/mol. The second-order valence-corrected chi connectivity index (χ2v) is 13.2. The van der Waals surface area contributed by atoms with Crippen LogP contribution in [0.5, 0.6) is 0 Å². The van der Waals surface area contributed by atoms with Gasteiger partial charge in [0.15, 0.2) is 0 Å². The summed E-state index contributed by atoms with van der Waals surface area (Å²) in [5, 5.41) is 0. The van der Waals surface area contributed by atoms with E-state index in [2.05, 4.69) is 52.0 Å². The SMILES string of the molecule is CCCCC(CC)Cc1ccc(-c2c(N)c(N)c(-c3ccc(CC(CC)CCCC)s3)c3nsnc23)s1. The van der Waals surface area contributed by atoms with E-state index in [-0.39, 0.29) is 0 Å². The van der Waals surface area contributed by atoms with Gasteiger partial charge in [0.2, 0.25) is 0 Å². The lowest BCUT2D eigenvalue weighted by atomic mass is 9.95. The van der Waals surface area contributed by atoms with Gasteiger partial charge in [-0.05, 0) is 48.9 Å². The van der Waals surface area contributed by atoms with Gasteiger partial charge in [0.25, 0.3) is 0 Å². The summed E-state index contributed by atoms with van der Waals surface area (Å²) >= 11 is 4.91. The third kappa shape index (κ3) is 6.37. The number of nitrogens with two attached hydrogens (primary N) is 2. The Kier molecular flexibility index (Phi) is 10.0. The second kappa shape index (κ2) is 13.2. The molecule has 0 bridgehead atoms. The van der Waals surface area contributed by atoms with Crippen LogP contribution >= 0.6 is 34.4 Å². The van der Waals surface area contributed by atoms with Gasteiger partial charge >= 0.3 is 0 Å². The van der Waals surface area contributed by atoms with Crippen LogP contribution in [0.3, 0.4) is 0 Å². The highest BCUT2D eigenvalue weighted by molar-refractivity contribution is 7.16. The summed E-state index contributed by atoms with van der Waals surface area (Å²) in [6.07, 6.45) is 12.4. The van der Waals surface area contributed by atoms with Gasteiger partial charge in [-0.25, -0.2) is 0 Å². The molecule has 3 aromatic heterocycles. The Bertz CT molecular complexity index is 1190. The maximum Gasteiger partial charge on any atom is 0.116 e. The van der Waals surface area contributed by atoms with Crippen molar-refractivity contribution in [1.29, 1.82) is 0 Å². The van der Waals surface area contributed by atoms with Crippen molar-refractivity contribution in [2.75, 3.05) is 11.5 Å². The fourth-order valence-corrected chi connectivity index (χ4v) is 8.16. The average Bonchev–Trinajstić information content (AvgIpc) is 3.67. The first-order valence-corrected chi connectivity index (χ1v) is 16.4. The zero-order chi connectivity index (χ0) is 26.4. The first-order valence-electron chi connectivity index (χ1n) is 14.0. The van der Waals surface area contributed by atoms with E-state index in [1.165, 1.54) is 72.8 Å². The predicted molar refractivity (Wildman–Crippen MR) is 167 cm³/mol. The van der Waals surface area contributed by atoms with E-state index >= 15 is 0 Å². The molecule has 0 saturated heterocycles. The molecule has 0 radical (unpaired) electrons. The summed E-state index contributed by atoms with van der Waals surface area (Å²) in [4.78, 5) is 5.10. The Morgan fingerprint density at radius 3 is 1.49 bits per heavy atom. The normalized spacial score (nSPS) is 13.4. The number of benzene rings is 1. The number of thiophene rings is 2. The van der Waals surface area contributed by atoms with Gasteiger partial charge in [0, 0.05) is 30.6 Å². The van der Waals surface area contributed by atoms with Crippen LogP contribution in [0.1, 0.15) is 88.8 Å². The van der Waals surface area contributed by atoms with Crippen LogP contribution in [0.15, 0.2) is 24.3 Å². The van der Waals surface area contributed by atoms with Crippen LogP contribution in [0.4, 0.5) is 11.4 Å². The molecule has 0 fully saturated rings. The second-order valence-electron chi connectivity index (χ2n) is 10.3. The zero-order valence-corrected chi connectivity index (χ0v) is 25.3. The maximum absolute atomic E-state index is 6.77. The molecule has 4 nitrogen and oxygen atoms in total. The molecule has 0 aliphatic heterocycles. The zero-order valence-electron chi connectivity index (χ0n) is 22.8. The number of rotatable bonds is 14. The summed E-state index contributed by atoms with van der Waals surface area (Å²) in [6.45, 7) is 9.15. The topological polar surface area (TPSA) is 77.8 Å². The van der Waals surface area contributed by atoms with Gasteiger partial charge in [-0.2, -0.15) is 8.75 Å². The number of unbranched alkanes of at least 4 members (excludes halogenated alkanes) is 2. The molecular formula is C30H42N4S3. The first kappa shape index (κ1) is 28.1. The number of hydrogen-bond acceptors (Lipinski definition) is 7. The molecule has 2 atom stereocenters. The molecule has 4 rings (SSSR count). The molecule has 4 N–H and O–H groups in total. The Morgan fingerprint density at radius 2 is 1.11 bits per heavy atom. The van der Waals surface area contributed by atoms with E-state index in [0.717, 1.165) is 56.6 Å². The van der Waals surface area contributed by atoms with Crippen molar-refractivity contribution < 1.29 is 0 Å². The fourth-order valence-electron chi connectivity index (χ4n) is 5.24. The highest BCUT2D eigenvalue weighted by atomic mass is 32.1. The Hall–Kier alpha value is -1.96. The molecular weight excluding hydrogens is 513 g/mol. The smallest absolute Gasteiger partial charge is 0.116 e. The van der Waals surface area contributed by atoms with E-state index in [0.29, 0.717) is 11.4 Å². The number of nitrogen functional groups attached to an aromatic ring is 2. The molecule has 3 heterocycles. The summed E-state index contributed by atoms with van der Waals surface area (Å²) in [7, 11) is 0. The fraction of sp³-hybridized carbons (Fsp3) is 0.533. The minimum atomic E-state index is 0.631. The lowest BCUT2D eigenvalue weighted by Gasteiger charge is -2.14. The number of fused-ring (bicyclic) bond motifs is 1. The lowest BCUT2D eigenvalue weighted by Crippen LogP contribution is -2.02. The van der Waals surface area contributed by atoms with Crippen LogP contribution in [-0.2, 0) is 12.8 Å². The predicted octanol–water partition coefficient (Wildman–Crippen LogP) is 9.83. The van der Waals surface area contributed by atoms with Crippen molar-refractivity contribution in [2.24, 2.45) is 11.8 Å². The molecule has 37 heavy (non-hydrogen) atoms. The first-order chi connectivity index (χ1) is 18.0. The number of hydrogen-bond donors (Lipinski definition) is 2. The maximum atomic E-state index is 6.77. The molecule has 2 unspecified atom stereocenters. The van der Waals surface area contributed by atoms with Crippen LogP contribution in [0.2, 0.25) is 0 Å². The quantitative estimate of drug-likeness (QED) is 0.152. The van der Waals surface area contributed by atoms with Gasteiger partial charge in [0.05, 0.1) is 23.1 Å². The number of aromatic nitrogens is 2. The minimum Gasteiger partial charge on any atom is -0.396 e. The molecule has 0 aliphatic carbocycles. The van der Waals surface area contributed by atoms with Crippen LogP contribution in [-0.4, -0.2) is 8.75 Å². The molecule has 0 saturated carbocycles. The lowest BCUT2D eigenvalue weighted by molar-refractivity contribution is 0.452. The van der Waals surface area contributed by atoms with Crippen molar-refractivity contribution in [3.63, 3.8) is 0 Å². The largest absolute Gasteiger partial charge is 0.396 e. The summed E-state index contributed by atoms with van der Waals surface area (Å²) in [6, 6.07) is 8.91. The number of anilines is 2. The van der Waals surface area contributed by atoms with Gasteiger partial charge in [-0.1, -0.05) is 79.1 Å². The van der Waals surface area contributed by atoms with Gasteiger partial charge < -0.3 is 11.5 Å². The molecule has 0 amide bonds. The van der Waals surface area contributed by atoms with Gasteiger partial charge in [0.1, 0.15) is 11.0 Å². The third-order valence-electron chi connectivity index (χ3n) is 7.67. The van der Waals surface area contributed by atoms with Crippen LogP contribution in [0.25, 0.3) is 31.9 Å². The van der Waals surface area contributed by atoms with Crippen molar-refractivity contribution in [3.8, 4) is 20.9 Å². The summed E-state index contributed by atoms with van der Waals surface area (Å²) < 4.78 is 9.44. The number of nitrogens with zero attached hydrogens (tertiary/aromatic N) is 2. The highest BCUT2D eigenvalue weighted by Crippen LogP contribution is 2.48. The Morgan fingerprint density at radius 1 is 0.676 bits per heavy atom. The van der Waals surface area contributed by atoms with E-state index in [4.69, 9.17) is 20.2 Å². The van der Waals surface area contributed by atoms with Gasteiger partial charge in [-0.3, -0.25) is 0 Å². The van der Waals surface area contributed by atoms with Crippen LogP contribution in [0, 0.1) is 11.8 Å². The van der Waals surface area contributed by atoms with Crippen molar-refractivity contribution in [2.45, 2.75) is 91.9 Å². The van der Waals surface area contributed by atoms with Crippen molar-refractivity contribution in [1.82, 2.24) is 8.75 Å². The Labute approximate surface area is 234 Å². The third-order valence-corrected chi connectivity index (χ3v) is 10.5. The molecule has 4 aromatic rings. The van der Waals surface area contributed by atoms with Crippen molar-refractivity contribution in [3.05, 3.63) is 34.0 Å². The highest BCUT2D eigenvalue weighted by Gasteiger charge is 2.24. The van der Waals surface area contributed by atoms with E-state index in [1.54, 1.807) is 0 Å². The van der Waals surface area contributed by atoms with E-state index in [9.17, 15) is 0 Å². The molecule has 7 heteroatoms. The van der Waals surface area contributed by atoms with Gasteiger partial charge in [-0.15, -0.1) is 22.7 Å². The molecule has 0 spiro atoms. The summed E-state index contributed by atoms with van der Waals surface area (Å²) in [5.74, 6) is 1.47. The molecule has 200 valence electrons. The van der Waals surface area contributed by atoms with Crippen LogP contribution < -0.4 is 11.5 Å². The average molecular weight is 555 g/mol.